The Labute approximate surface area is 789 Å². The number of amides is 11. The van der Waals surface area contributed by atoms with E-state index in [1.54, 1.807) is 156 Å². The van der Waals surface area contributed by atoms with Crippen LogP contribution < -0.4 is 62.4 Å². The number of carbonyl (C=O) groups is 12. The number of benzene rings is 7. The molecule has 37 heteroatoms. The number of rotatable bonds is 20. The maximum absolute atomic E-state index is 16.2. The summed E-state index contributed by atoms with van der Waals surface area (Å²) in [5.41, 5.74) is 4.76. The van der Waals surface area contributed by atoms with E-state index in [9.17, 15) is 24.0 Å². The summed E-state index contributed by atoms with van der Waals surface area (Å²) in [4.78, 5) is 185. The maximum atomic E-state index is 16.2. The SMILES string of the molecule is CCCN(C(=O)[C@@H](NC(=O)[C@H](C)N(C)C(=O)OC(C)(C)C)C(C)(C)C)[C@@H]1C(=O)N[C@@H](Cc2ccc3ccccc3c2)C(=O)N[C@H](C(=O)NCc2cc(F)c(OC)c(F)c2)Cc2ccc(cc2)OCC2=CN(NN2)[C@@H]2CCN(C(=O)[C@@H](NC(=O)[C@H](C)N(C)C(=O)OC(C)(C)C)C(C)(C)C)[C@@H]2C(=O)N[C@@H](Cc2ccc3ccccc3c2)C(=O)N[C@H](C(=O)OC)Cc2ccc(cc2)OCc2cn1nn2. The first kappa shape index (κ1) is 103. The van der Waals surface area contributed by atoms with Crippen LogP contribution in [0.2, 0.25) is 0 Å². The van der Waals surface area contributed by atoms with E-state index in [-0.39, 0.29) is 87.6 Å². The molecule has 0 saturated carbocycles. The largest absolute Gasteiger partial charge is 0.491 e. The number of likely N-dealkylation sites (N-methyl/N-ethyl adjacent to an activating group) is 2. The average molecular weight is 1880 g/mol. The van der Waals surface area contributed by atoms with Crippen LogP contribution in [0.15, 0.2) is 164 Å². The number of esters is 1. The first-order chi connectivity index (χ1) is 64.2. The second-order valence-corrected chi connectivity index (χ2v) is 38.5. The molecule has 0 spiro atoms. The Morgan fingerprint density at radius 1 is 0.581 bits per heavy atom. The van der Waals surface area contributed by atoms with Crippen LogP contribution in [-0.4, -0.2) is 231 Å². The molecule has 8 bridgehead atoms. The summed E-state index contributed by atoms with van der Waals surface area (Å²) in [5.74, 6) is -10.4. The number of hydrogen-bond acceptors (Lipinski definition) is 23. The fourth-order valence-corrected chi connectivity index (χ4v) is 15.9. The van der Waals surface area contributed by atoms with Gasteiger partial charge in [0.05, 0.1) is 32.2 Å². The van der Waals surface area contributed by atoms with E-state index in [1.807, 2.05) is 78.9 Å². The lowest BCUT2D eigenvalue weighted by molar-refractivity contribution is -0.150. The molecule has 1 saturated heterocycles. The first-order valence-electron chi connectivity index (χ1n) is 45.2. The van der Waals surface area contributed by atoms with Gasteiger partial charge in [0.25, 0.3) is 5.91 Å². The number of fused-ring (bicyclic) bond motifs is 2. The summed E-state index contributed by atoms with van der Waals surface area (Å²) in [7, 11) is 5.03. The summed E-state index contributed by atoms with van der Waals surface area (Å²) >= 11 is 0. The molecule has 6 aliphatic heterocycles. The zero-order valence-electron chi connectivity index (χ0n) is 80.3. The van der Waals surface area contributed by atoms with Gasteiger partial charge in [0.2, 0.25) is 53.4 Å². The topological polar surface area (TPSA) is 415 Å². The van der Waals surface area contributed by atoms with Crippen molar-refractivity contribution < 1.29 is 94.7 Å². The number of hydrazine groups is 2. The highest BCUT2D eigenvalue weighted by atomic mass is 19.1. The molecule has 7 heterocycles. The standard InChI is InChI=1S/C99H125F2N17O18/c1-20-42-116(92(127)82(97(7,8)9)108-84(120)58(3)114(17)95(130)136-99(13,14)15)90-89(125)105-76(51-62-30-36-65-26-22-24-28-67(65)45-62)86(122)103-74(85(121)102-52-63-46-72(100)80(131-18)73(101)47-63)48-59-31-37-70(38-32-59)133-55-68-53-117(111-109-68)78-41-43-115(91(126)81(96(4,5)6)107-83(119)57(2)113(16)94(129)135-98(10,11)12)79(78)88(124)104-75(50-61-29-35-64-25-21-23-27-66(64)44-61)87(123)106-77(93(128)132-19)49-60-33-39-71(40-34-60)134-56-69-54-118(90)112-110-69/h21-40,44-47,53-54,57-58,74-79,81-82,90,109,111H,20,41-43,48-52,55-56H2,1-19H3,(H,102,121)(H,103,122)(H,104,124)(H,105,125)(H,106,123)(H,107,119)(H,108,120)/t57-,58-,74-,75-,76-,77-,78+,79-,81+,82+,90-/m0/s1. The average Bonchev–Trinajstić information content (AvgIpc) is 1.58. The van der Waals surface area contributed by atoms with E-state index in [0.717, 1.165) is 62.4 Å². The molecule has 7 aromatic carbocycles. The lowest BCUT2D eigenvalue weighted by Crippen LogP contribution is -2.64. The van der Waals surface area contributed by atoms with Crippen molar-refractivity contribution in [2.75, 3.05) is 48.0 Å². The van der Waals surface area contributed by atoms with Crippen LogP contribution in [0.3, 0.4) is 0 Å². The van der Waals surface area contributed by atoms with Crippen LogP contribution in [-0.2, 0) is 101 Å². The molecule has 1 aromatic heterocycles. The van der Waals surface area contributed by atoms with Crippen molar-refractivity contribution in [3.63, 3.8) is 0 Å². The fraction of sp³-hybridized carbons (Fsp3) is 0.455. The molecular formula is C99H125F2N17O18. The van der Waals surface area contributed by atoms with Gasteiger partial charge in [0.1, 0.15) is 96.0 Å². The van der Waals surface area contributed by atoms with Crippen molar-refractivity contribution in [2.45, 2.75) is 233 Å². The molecule has 14 rings (SSSR count). The maximum Gasteiger partial charge on any atom is 0.410 e. The molecular weight excluding hydrogens is 1750 g/mol. The van der Waals surface area contributed by atoms with Crippen molar-refractivity contribution >= 4 is 92.9 Å². The first-order valence-corrected chi connectivity index (χ1v) is 45.2. The highest BCUT2D eigenvalue weighted by molar-refractivity contribution is 5.99. The molecule has 35 nitrogen and oxygen atoms in total. The summed E-state index contributed by atoms with van der Waals surface area (Å²) in [6.07, 6.45) is -0.985. The number of nitrogens with zero attached hydrogens (tertiary/aromatic N) is 8. The minimum atomic E-state index is -1.85. The van der Waals surface area contributed by atoms with E-state index in [2.05, 4.69) is 58.5 Å². The van der Waals surface area contributed by atoms with E-state index < -0.39 is 184 Å². The number of hydrogen-bond donors (Lipinski definition) is 9. The predicted octanol–water partition coefficient (Wildman–Crippen LogP) is 8.99. The minimum Gasteiger partial charge on any atom is -0.491 e. The van der Waals surface area contributed by atoms with Gasteiger partial charge >= 0.3 is 18.2 Å². The van der Waals surface area contributed by atoms with Gasteiger partial charge in [-0.3, -0.25) is 58.0 Å². The second kappa shape index (κ2) is 44.0. The van der Waals surface area contributed by atoms with Crippen LogP contribution in [0.1, 0.15) is 156 Å². The number of halogens is 2. The van der Waals surface area contributed by atoms with Crippen LogP contribution in [0.25, 0.3) is 21.5 Å². The molecule has 11 atom stereocenters. The molecule has 0 radical (unpaired) electrons. The number of ether oxygens (including phenoxy) is 6. The van der Waals surface area contributed by atoms with Gasteiger partial charge in [0, 0.05) is 65.6 Å². The van der Waals surface area contributed by atoms with Crippen molar-refractivity contribution in [3.8, 4) is 17.2 Å². The zero-order chi connectivity index (χ0) is 99.2. The smallest absolute Gasteiger partial charge is 0.410 e. The number of methoxy groups -OCH3 is 2. The van der Waals surface area contributed by atoms with Gasteiger partial charge in [-0.2, -0.15) is 0 Å². The molecule has 1 fully saturated rings. The molecule has 9 N–H and O–H groups in total. The van der Waals surface area contributed by atoms with Crippen LogP contribution >= 0.6 is 0 Å². The lowest BCUT2D eigenvalue weighted by Gasteiger charge is -2.39. The fourth-order valence-electron chi connectivity index (χ4n) is 15.9. The third kappa shape index (κ3) is 26.5. The van der Waals surface area contributed by atoms with Crippen molar-refractivity contribution in [3.05, 3.63) is 209 Å². The van der Waals surface area contributed by atoms with Crippen molar-refractivity contribution in [1.29, 1.82) is 0 Å². The Kier molecular flexibility index (Phi) is 33.2. The number of aromatic nitrogens is 3. The summed E-state index contributed by atoms with van der Waals surface area (Å²) in [5, 5.41) is 33.9. The van der Waals surface area contributed by atoms with Crippen molar-refractivity contribution in [1.82, 2.24) is 87.8 Å². The van der Waals surface area contributed by atoms with E-state index in [1.165, 1.54) is 43.9 Å². The number of carbonyl (C=O) groups excluding carboxylic acids is 12. The Balaban J connectivity index is 0.997. The van der Waals surface area contributed by atoms with E-state index in [0.29, 0.717) is 28.0 Å². The van der Waals surface area contributed by atoms with E-state index >= 15 is 42.3 Å². The zero-order valence-corrected chi connectivity index (χ0v) is 80.3. The Morgan fingerprint density at radius 2 is 1.07 bits per heavy atom. The van der Waals surface area contributed by atoms with Gasteiger partial charge in [-0.25, -0.2) is 27.8 Å². The molecule has 0 unspecified atom stereocenters. The Bertz CT molecular complexity index is 5710. The summed E-state index contributed by atoms with van der Waals surface area (Å²) < 4.78 is 65.9. The molecule has 136 heavy (non-hydrogen) atoms. The molecule has 728 valence electrons. The molecule has 6 aliphatic rings. The third-order valence-corrected chi connectivity index (χ3v) is 23.5. The number of nitrogens with one attached hydrogen (secondary N) is 9. The van der Waals surface area contributed by atoms with Crippen LogP contribution in [0.4, 0.5) is 18.4 Å². The Hall–Kier alpha value is -14.0. The minimum absolute atomic E-state index is 0.0115. The highest BCUT2D eigenvalue weighted by Crippen LogP contribution is 2.34. The van der Waals surface area contributed by atoms with Crippen LogP contribution in [0.5, 0.6) is 17.2 Å². The third-order valence-electron chi connectivity index (χ3n) is 23.5. The molecule has 11 amide bonds. The normalized spacial score (nSPS) is 19.2. The molecule has 0 aliphatic carbocycles. The summed E-state index contributed by atoms with van der Waals surface area (Å²) in [6.45, 7) is 23.8. The quantitative estimate of drug-likeness (QED) is 0.0254. The van der Waals surface area contributed by atoms with Gasteiger partial charge in [-0.1, -0.05) is 163 Å². The van der Waals surface area contributed by atoms with Crippen molar-refractivity contribution in [2.24, 2.45) is 10.8 Å². The van der Waals surface area contributed by atoms with Crippen LogP contribution in [0, 0.1) is 22.5 Å². The molecule has 8 aromatic rings. The van der Waals surface area contributed by atoms with Gasteiger partial charge < -0.3 is 80.9 Å². The number of likely N-dealkylation sites (tertiary alicyclic amines) is 1. The lowest BCUT2D eigenvalue weighted by atomic mass is 9.85. The second-order valence-electron chi connectivity index (χ2n) is 38.5. The van der Waals surface area contributed by atoms with Gasteiger partial charge in [0.15, 0.2) is 17.4 Å². The van der Waals surface area contributed by atoms with E-state index in [4.69, 9.17) is 28.4 Å². The summed E-state index contributed by atoms with van der Waals surface area (Å²) in [6, 6.07) is 27.3. The van der Waals surface area contributed by atoms with Gasteiger partial charge in [-0.05, 0) is 165 Å². The predicted molar refractivity (Wildman–Crippen MR) is 501 cm³/mol. The monoisotopic (exact) mass is 1880 g/mol. The highest BCUT2D eigenvalue weighted by Gasteiger charge is 2.51. The van der Waals surface area contributed by atoms with Gasteiger partial charge in [-0.15, -0.1) is 10.6 Å². The Morgan fingerprint density at radius 3 is 1.56 bits per heavy atom.